The number of carbonyl (C=O) groups is 2. The summed E-state index contributed by atoms with van der Waals surface area (Å²) < 4.78 is 0. The van der Waals surface area contributed by atoms with E-state index < -0.39 is 18.1 Å². The number of hydrogen-bond acceptors (Lipinski definition) is 3. The van der Waals surface area contributed by atoms with Crippen molar-refractivity contribution in [3.63, 3.8) is 0 Å². The lowest BCUT2D eigenvalue weighted by Gasteiger charge is -2.37. The SMILES string of the molecule is CC1CCCCN1C(=O)N1CC(O)C[C@H]1C(=O)O. The molecule has 0 aromatic rings. The van der Waals surface area contributed by atoms with Gasteiger partial charge in [0.15, 0.2) is 0 Å². The van der Waals surface area contributed by atoms with Gasteiger partial charge in [0.25, 0.3) is 0 Å². The van der Waals surface area contributed by atoms with Crippen LogP contribution in [-0.4, -0.2) is 63.3 Å². The average Bonchev–Trinajstić information content (AvgIpc) is 2.71. The summed E-state index contributed by atoms with van der Waals surface area (Å²) in [6, 6.07) is -0.980. The van der Waals surface area contributed by atoms with Crippen LogP contribution >= 0.6 is 0 Å². The third-order valence-electron chi connectivity index (χ3n) is 3.86. The summed E-state index contributed by atoms with van der Waals surface area (Å²) in [4.78, 5) is 26.5. The lowest BCUT2D eigenvalue weighted by atomic mass is 10.0. The Kier molecular flexibility index (Phi) is 3.75. The van der Waals surface area contributed by atoms with Crippen LogP contribution in [0, 0.1) is 0 Å². The van der Waals surface area contributed by atoms with Crippen LogP contribution in [0.3, 0.4) is 0 Å². The first-order valence-electron chi connectivity index (χ1n) is 6.49. The standard InChI is InChI=1S/C12H20N2O4/c1-8-4-2-3-5-13(8)12(18)14-7-9(15)6-10(14)11(16)17/h8-10,15H,2-7H2,1H3,(H,16,17)/t8?,9?,10-/m0/s1. The van der Waals surface area contributed by atoms with Crippen molar-refractivity contribution >= 4 is 12.0 Å². The predicted molar refractivity (Wildman–Crippen MR) is 64.2 cm³/mol. The summed E-state index contributed by atoms with van der Waals surface area (Å²) in [5.41, 5.74) is 0. The molecule has 0 aliphatic carbocycles. The second-order valence-corrected chi connectivity index (χ2v) is 5.22. The summed E-state index contributed by atoms with van der Waals surface area (Å²) >= 11 is 0. The molecular formula is C12H20N2O4. The number of rotatable bonds is 1. The van der Waals surface area contributed by atoms with E-state index in [1.54, 1.807) is 4.90 Å². The number of amides is 2. The number of β-amino-alcohol motifs (C(OH)–C–C–N with tert-alkyl or cyclic N) is 1. The van der Waals surface area contributed by atoms with Gasteiger partial charge < -0.3 is 20.0 Å². The monoisotopic (exact) mass is 256 g/mol. The number of aliphatic carboxylic acids is 1. The molecule has 0 aromatic heterocycles. The van der Waals surface area contributed by atoms with Gasteiger partial charge in [-0.25, -0.2) is 9.59 Å². The first kappa shape index (κ1) is 13.1. The van der Waals surface area contributed by atoms with Crippen molar-refractivity contribution in [3.8, 4) is 0 Å². The summed E-state index contributed by atoms with van der Waals surface area (Å²) in [6.07, 6.45) is 2.43. The molecule has 2 N–H and O–H groups in total. The van der Waals surface area contributed by atoms with E-state index in [1.807, 2.05) is 6.92 Å². The lowest BCUT2D eigenvalue weighted by molar-refractivity contribution is -0.141. The second-order valence-electron chi connectivity index (χ2n) is 5.22. The number of aliphatic hydroxyl groups is 1. The smallest absolute Gasteiger partial charge is 0.326 e. The van der Waals surface area contributed by atoms with Gasteiger partial charge in [0.2, 0.25) is 0 Å². The van der Waals surface area contributed by atoms with Crippen molar-refractivity contribution in [2.45, 2.75) is 50.8 Å². The van der Waals surface area contributed by atoms with Crippen LogP contribution in [0.5, 0.6) is 0 Å². The largest absolute Gasteiger partial charge is 0.480 e. The molecule has 0 aromatic carbocycles. The number of likely N-dealkylation sites (tertiary alicyclic amines) is 2. The molecule has 2 rings (SSSR count). The van der Waals surface area contributed by atoms with Gasteiger partial charge in [-0.1, -0.05) is 0 Å². The van der Waals surface area contributed by atoms with Crippen molar-refractivity contribution in [1.82, 2.24) is 9.80 Å². The van der Waals surface area contributed by atoms with Crippen LogP contribution in [0.15, 0.2) is 0 Å². The van der Waals surface area contributed by atoms with E-state index in [9.17, 15) is 14.7 Å². The van der Waals surface area contributed by atoms with Crippen molar-refractivity contribution < 1.29 is 19.8 Å². The summed E-state index contributed by atoms with van der Waals surface area (Å²) in [6.45, 7) is 2.79. The van der Waals surface area contributed by atoms with Crippen LogP contribution < -0.4 is 0 Å². The van der Waals surface area contributed by atoms with Gasteiger partial charge in [-0.15, -0.1) is 0 Å². The maximum atomic E-state index is 12.3. The number of hydrogen-bond donors (Lipinski definition) is 2. The second kappa shape index (κ2) is 5.14. The molecule has 0 spiro atoms. The summed E-state index contributed by atoms with van der Waals surface area (Å²) in [5, 5.41) is 18.6. The Hall–Kier alpha value is -1.30. The molecule has 0 bridgehead atoms. The number of carboxylic acid groups (broad SMARTS) is 1. The Balaban J connectivity index is 2.09. The van der Waals surface area contributed by atoms with Crippen molar-refractivity contribution in [1.29, 1.82) is 0 Å². The van der Waals surface area contributed by atoms with Crippen LogP contribution in [-0.2, 0) is 4.79 Å². The molecule has 6 heteroatoms. The highest BCUT2D eigenvalue weighted by atomic mass is 16.4. The van der Waals surface area contributed by atoms with E-state index in [2.05, 4.69) is 0 Å². The number of carbonyl (C=O) groups excluding carboxylic acids is 1. The van der Waals surface area contributed by atoms with Gasteiger partial charge in [0.1, 0.15) is 6.04 Å². The highest BCUT2D eigenvalue weighted by Gasteiger charge is 2.41. The first-order chi connectivity index (χ1) is 8.50. The molecule has 2 aliphatic heterocycles. The van der Waals surface area contributed by atoms with Gasteiger partial charge in [-0.05, 0) is 26.2 Å². The van der Waals surface area contributed by atoms with E-state index in [1.165, 1.54) is 4.90 Å². The fraction of sp³-hybridized carbons (Fsp3) is 0.833. The molecule has 2 amide bonds. The van der Waals surface area contributed by atoms with Crippen LogP contribution in [0.4, 0.5) is 4.79 Å². The molecule has 0 radical (unpaired) electrons. The minimum atomic E-state index is -1.04. The zero-order chi connectivity index (χ0) is 13.3. The molecule has 0 saturated carbocycles. The molecule has 2 heterocycles. The Labute approximate surface area is 106 Å². The fourth-order valence-electron chi connectivity index (χ4n) is 2.81. The number of nitrogens with zero attached hydrogens (tertiary/aromatic N) is 2. The normalized spacial score (nSPS) is 32.7. The summed E-state index contributed by atoms with van der Waals surface area (Å²) in [7, 11) is 0. The molecule has 3 atom stereocenters. The van der Waals surface area contributed by atoms with E-state index in [-0.39, 0.29) is 25.0 Å². The topological polar surface area (TPSA) is 81.1 Å². The van der Waals surface area contributed by atoms with E-state index >= 15 is 0 Å². The molecule has 2 unspecified atom stereocenters. The quantitative estimate of drug-likeness (QED) is 0.716. The third-order valence-corrected chi connectivity index (χ3v) is 3.86. The molecule has 102 valence electrons. The molecule has 2 aliphatic rings. The van der Waals surface area contributed by atoms with E-state index in [4.69, 9.17) is 5.11 Å². The van der Waals surface area contributed by atoms with Gasteiger partial charge in [-0.3, -0.25) is 0 Å². The van der Waals surface area contributed by atoms with Crippen molar-refractivity contribution in [2.24, 2.45) is 0 Å². The Bertz CT molecular complexity index is 347. The minimum Gasteiger partial charge on any atom is -0.480 e. The van der Waals surface area contributed by atoms with E-state index in [0.29, 0.717) is 6.54 Å². The van der Waals surface area contributed by atoms with E-state index in [0.717, 1.165) is 19.3 Å². The van der Waals surface area contributed by atoms with Crippen LogP contribution in [0.1, 0.15) is 32.6 Å². The Morgan fingerprint density at radius 1 is 1.22 bits per heavy atom. The predicted octanol–water partition coefficient (Wildman–Crippen LogP) is 0.501. The highest BCUT2D eigenvalue weighted by molar-refractivity contribution is 5.83. The minimum absolute atomic E-state index is 0.124. The van der Waals surface area contributed by atoms with Crippen molar-refractivity contribution in [2.75, 3.05) is 13.1 Å². The Morgan fingerprint density at radius 3 is 2.56 bits per heavy atom. The zero-order valence-electron chi connectivity index (χ0n) is 10.6. The maximum Gasteiger partial charge on any atom is 0.326 e. The van der Waals surface area contributed by atoms with Gasteiger partial charge >= 0.3 is 12.0 Å². The summed E-state index contributed by atoms with van der Waals surface area (Å²) in [5.74, 6) is -1.04. The third kappa shape index (κ3) is 2.43. The first-order valence-corrected chi connectivity index (χ1v) is 6.49. The molecule has 2 saturated heterocycles. The fourth-order valence-corrected chi connectivity index (χ4v) is 2.81. The highest BCUT2D eigenvalue weighted by Crippen LogP contribution is 2.24. The van der Waals surface area contributed by atoms with Gasteiger partial charge in [0, 0.05) is 25.6 Å². The number of piperidine rings is 1. The number of urea groups is 1. The number of carboxylic acids is 1. The lowest BCUT2D eigenvalue weighted by Crippen LogP contribution is -2.52. The molecule has 2 fully saturated rings. The Morgan fingerprint density at radius 2 is 1.94 bits per heavy atom. The molecular weight excluding hydrogens is 236 g/mol. The van der Waals surface area contributed by atoms with Gasteiger partial charge in [-0.2, -0.15) is 0 Å². The molecule has 6 nitrogen and oxygen atoms in total. The molecule has 18 heavy (non-hydrogen) atoms. The zero-order valence-corrected chi connectivity index (χ0v) is 10.6. The van der Waals surface area contributed by atoms with Crippen LogP contribution in [0.2, 0.25) is 0 Å². The maximum absolute atomic E-state index is 12.3. The number of aliphatic hydroxyl groups excluding tert-OH is 1. The van der Waals surface area contributed by atoms with Crippen LogP contribution in [0.25, 0.3) is 0 Å². The van der Waals surface area contributed by atoms with Gasteiger partial charge in [0.05, 0.1) is 6.10 Å². The van der Waals surface area contributed by atoms with Crippen molar-refractivity contribution in [3.05, 3.63) is 0 Å². The average molecular weight is 256 g/mol.